The fraction of sp³-hybridized carbons (Fsp3) is 0.296. The normalized spacial score (nSPS) is 16.2. The minimum atomic E-state index is -4.57. The van der Waals surface area contributed by atoms with Crippen molar-refractivity contribution in [1.29, 1.82) is 0 Å². The van der Waals surface area contributed by atoms with Crippen molar-refractivity contribution in [1.82, 2.24) is 39.4 Å². The van der Waals surface area contributed by atoms with Crippen LogP contribution in [0.15, 0.2) is 54.9 Å². The lowest BCUT2D eigenvalue weighted by Crippen LogP contribution is -2.50. The van der Waals surface area contributed by atoms with Crippen LogP contribution in [0.5, 0.6) is 0 Å². The maximum absolute atomic E-state index is 14.0. The number of fused-ring (bicyclic) bond motifs is 2. The van der Waals surface area contributed by atoms with Crippen molar-refractivity contribution < 1.29 is 17.9 Å². The number of aromatic nitrogens is 7. The lowest BCUT2D eigenvalue weighted by Gasteiger charge is -2.39. The topological polar surface area (TPSA) is 98.8 Å². The first-order chi connectivity index (χ1) is 19.3. The molecule has 1 N–H and O–H groups in total. The number of aryl methyl sites for hydroxylation is 1. The maximum atomic E-state index is 14.0. The number of hydrogen-bond donors (Lipinski definition) is 1. The minimum Gasteiger partial charge on any atom is -0.378 e. The van der Waals surface area contributed by atoms with E-state index < -0.39 is 11.9 Å². The number of hydrogen-bond acceptors (Lipinski definition) is 8. The predicted octanol–water partition coefficient (Wildman–Crippen LogP) is 4.22. The number of alkyl halides is 3. The Morgan fingerprint density at radius 2 is 1.88 bits per heavy atom. The zero-order chi connectivity index (χ0) is 27.4. The highest BCUT2D eigenvalue weighted by molar-refractivity contribution is 5.82. The van der Waals surface area contributed by atoms with Crippen molar-refractivity contribution in [3.8, 4) is 11.6 Å². The molecule has 5 aromatic rings. The van der Waals surface area contributed by atoms with Gasteiger partial charge in [-0.15, -0.1) is 5.10 Å². The SMILES string of the molecule is Cc1ccc(Nc2ccc3c(c2)ncn3-c2cccc(-n3nc(C(F)(F)F)c4c3CCN(C3COC3)C4)n2)nn1. The summed E-state index contributed by atoms with van der Waals surface area (Å²) in [6.07, 6.45) is -2.48. The molecule has 4 aromatic heterocycles. The Kier molecular flexibility index (Phi) is 5.78. The van der Waals surface area contributed by atoms with Crippen LogP contribution in [-0.4, -0.2) is 65.2 Å². The van der Waals surface area contributed by atoms with E-state index in [0.29, 0.717) is 54.8 Å². The monoisotopic (exact) mass is 547 g/mol. The molecule has 0 amide bonds. The summed E-state index contributed by atoms with van der Waals surface area (Å²) in [5, 5.41) is 15.4. The number of pyridine rings is 1. The van der Waals surface area contributed by atoms with Crippen LogP contribution < -0.4 is 5.32 Å². The molecular formula is C27H24F3N9O. The van der Waals surface area contributed by atoms with Gasteiger partial charge in [0, 0.05) is 30.8 Å². The molecule has 204 valence electrons. The number of nitrogens with one attached hydrogen (secondary N) is 1. The molecular weight excluding hydrogens is 523 g/mol. The van der Waals surface area contributed by atoms with Crippen molar-refractivity contribution in [2.24, 2.45) is 0 Å². The van der Waals surface area contributed by atoms with Gasteiger partial charge in [0.1, 0.15) is 12.1 Å². The lowest BCUT2D eigenvalue weighted by molar-refractivity contribution is -0.142. The van der Waals surface area contributed by atoms with Gasteiger partial charge in [-0.1, -0.05) is 6.07 Å². The van der Waals surface area contributed by atoms with Gasteiger partial charge in [0.2, 0.25) is 0 Å². The molecule has 1 aromatic carbocycles. The van der Waals surface area contributed by atoms with Crippen molar-refractivity contribution in [2.45, 2.75) is 32.1 Å². The smallest absolute Gasteiger partial charge is 0.378 e. The van der Waals surface area contributed by atoms with Crippen LogP contribution >= 0.6 is 0 Å². The summed E-state index contributed by atoms with van der Waals surface area (Å²) in [7, 11) is 0. The zero-order valence-corrected chi connectivity index (χ0v) is 21.4. The molecule has 0 unspecified atom stereocenters. The summed E-state index contributed by atoms with van der Waals surface area (Å²) in [6.45, 7) is 3.79. The zero-order valence-electron chi connectivity index (χ0n) is 21.4. The molecule has 0 atom stereocenters. The second-order valence-electron chi connectivity index (χ2n) is 9.95. The molecule has 0 radical (unpaired) electrons. The van der Waals surface area contributed by atoms with E-state index in [0.717, 1.165) is 16.9 Å². The average Bonchev–Trinajstić information content (AvgIpc) is 3.51. The third-order valence-corrected chi connectivity index (χ3v) is 7.29. The van der Waals surface area contributed by atoms with Crippen LogP contribution in [0, 0.1) is 6.92 Å². The molecule has 7 rings (SSSR count). The summed E-state index contributed by atoms with van der Waals surface area (Å²) >= 11 is 0. The number of rotatable bonds is 5. The largest absolute Gasteiger partial charge is 0.435 e. The summed E-state index contributed by atoms with van der Waals surface area (Å²) < 4.78 is 50.5. The third-order valence-electron chi connectivity index (χ3n) is 7.29. The molecule has 2 aliphatic heterocycles. The quantitative estimate of drug-likeness (QED) is 0.349. The van der Waals surface area contributed by atoms with Crippen LogP contribution in [0.2, 0.25) is 0 Å². The van der Waals surface area contributed by atoms with Gasteiger partial charge in [-0.05, 0) is 49.4 Å². The Labute approximate surface area is 226 Å². The van der Waals surface area contributed by atoms with E-state index in [1.54, 1.807) is 29.1 Å². The summed E-state index contributed by atoms with van der Waals surface area (Å²) in [5.74, 6) is 1.46. The van der Waals surface area contributed by atoms with E-state index >= 15 is 0 Å². The highest BCUT2D eigenvalue weighted by atomic mass is 19.4. The molecule has 13 heteroatoms. The van der Waals surface area contributed by atoms with Gasteiger partial charge in [0.05, 0.1) is 41.7 Å². The summed E-state index contributed by atoms with van der Waals surface area (Å²) in [4.78, 5) is 11.3. The van der Waals surface area contributed by atoms with Gasteiger partial charge in [-0.3, -0.25) is 9.47 Å². The molecule has 1 saturated heterocycles. The second kappa shape index (κ2) is 9.38. The standard InChI is InChI=1S/C27H24F3N9O/c1-16-5-8-23(35-34-16)32-17-6-7-22-20(11-17)31-15-38(22)24-3-2-4-25(33-24)39-21-9-10-37(18-13-40-14-18)12-19(21)26(36-39)27(28,29)30/h2-8,11,15,18H,9-10,12-14H2,1H3,(H,32,35). The number of anilines is 2. The third kappa shape index (κ3) is 4.36. The number of nitrogens with zero attached hydrogens (tertiary/aromatic N) is 8. The number of benzene rings is 1. The van der Waals surface area contributed by atoms with Crippen LogP contribution in [0.4, 0.5) is 24.7 Å². The van der Waals surface area contributed by atoms with Crippen LogP contribution in [0.3, 0.4) is 0 Å². The fourth-order valence-corrected chi connectivity index (χ4v) is 5.15. The Morgan fingerprint density at radius 1 is 1.02 bits per heavy atom. The van der Waals surface area contributed by atoms with E-state index in [1.165, 1.54) is 4.68 Å². The molecule has 0 aliphatic carbocycles. The molecule has 2 aliphatic rings. The van der Waals surface area contributed by atoms with Crippen LogP contribution in [0.25, 0.3) is 22.7 Å². The molecule has 0 spiro atoms. The van der Waals surface area contributed by atoms with Gasteiger partial charge in [0.25, 0.3) is 0 Å². The molecule has 0 saturated carbocycles. The maximum Gasteiger partial charge on any atom is 0.435 e. The number of ether oxygens (including phenoxy) is 1. The van der Waals surface area contributed by atoms with Gasteiger partial charge in [-0.2, -0.15) is 23.4 Å². The second-order valence-corrected chi connectivity index (χ2v) is 9.95. The van der Waals surface area contributed by atoms with E-state index in [1.807, 2.05) is 42.2 Å². The Morgan fingerprint density at radius 3 is 2.62 bits per heavy atom. The Hall–Kier alpha value is -4.36. The summed E-state index contributed by atoms with van der Waals surface area (Å²) in [5.41, 5.74) is 3.03. The first-order valence-corrected chi connectivity index (χ1v) is 12.9. The first-order valence-electron chi connectivity index (χ1n) is 12.9. The van der Waals surface area contributed by atoms with Crippen molar-refractivity contribution >= 4 is 22.5 Å². The van der Waals surface area contributed by atoms with Gasteiger partial charge < -0.3 is 10.1 Å². The Bertz CT molecular complexity index is 1710. The minimum absolute atomic E-state index is 0.147. The Balaban J connectivity index is 1.22. The van der Waals surface area contributed by atoms with E-state index in [4.69, 9.17) is 9.72 Å². The van der Waals surface area contributed by atoms with Crippen LogP contribution in [0.1, 0.15) is 22.6 Å². The van der Waals surface area contributed by atoms with Crippen LogP contribution in [-0.2, 0) is 23.9 Å². The molecule has 0 bridgehead atoms. The molecule has 40 heavy (non-hydrogen) atoms. The van der Waals surface area contributed by atoms with E-state index in [9.17, 15) is 13.2 Å². The number of imidazole rings is 1. The van der Waals surface area contributed by atoms with E-state index in [-0.39, 0.29) is 18.2 Å². The van der Waals surface area contributed by atoms with E-state index in [2.05, 4.69) is 25.6 Å². The molecule has 10 nitrogen and oxygen atoms in total. The van der Waals surface area contributed by atoms with Crippen molar-refractivity contribution in [2.75, 3.05) is 25.1 Å². The average molecular weight is 548 g/mol. The first kappa shape index (κ1) is 24.7. The summed E-state index contributed by atoms with van der Waals surface area (Å²) in [6, 6.07) is 14.8. The van der Waals surface area contributed by atoms with Gasteiger partial charge >= 0.3 is 6.18 Å². The van der Waals surface area contributed by atoms with Gasteiger partial charge in [-0.25, -0.2) is 14.6 Å². The number of halogens is 3. The highest BCUT2D eigenvalue weighted by Gasteiger charge is 2.42. The van der Waals surface area contributed by atoms with Crippen molar-refractivity contribution in [3.05, 3.63) is 77.5 Å². The fourth-order valence-electron chi connectivity index (χ4n) is 5.15. The predicted molar refractivity (Wildman–Crippen MR) is 140 cm³/mol. The van der Waals surface area contributed by atoms with Crippen molar-refractivity contribution in [3.63, 3.8) is 0 Å². The highest BCUT2D eigenvalue weighted by Crippen LogP contribution is 2.37. The lowest BCUT2D eigenvalue weighted by atomic mass is 10.0. The molecule has 6 heterocycles. The van der Waals surface area contributed by atoms with Gasteiger partial charge in [0.15, 0.2) is 17.3 Å². The molecule has 1 fully saturated rings.